The largest absolute Gasteiger partial charge is 0.486 e. The number of nitrogens with zero attached hydrogens (tertiary/aromatic N) is 2. The van der Waals surface area contributed by atoms with Crippen molar-refractivity contribution in [3.8, 4) is 11.5 Å². The number of thioether (sulfide) groups is 1. The smallest absolute Gasteiger partial charge is 0.286 e. The molecule has 1 saturated heterocycles. The third-order valence-electron chi connectivity index (χ3n) is 4.10. The minimum absolute atomic E-state index is 0.148. The van der Waals surface area contributed by atoms with Crippen LogP contribution in [0, 0.1) is 0 Å². The van der Waals surface area contributed by atoms with Crippen LogP contribution >= 0.6 is 11.8 Å². The fraction of sp³-hybridized carbons (Fsp3) is 0.412. The second kappa shape index (κ2) is 6.28. The van der Waals surface area contributed by atoms with Gasteiger partial charge in [-0.05, 0) is 54.8 Å². The van der Waals surface area contributed by atoms with E-state index < -0.39 is 0 Å². The van der Waals surface area contributed by atoms with E-state index in [4.69, 9.17) is 9.47 Å². The Morgan fingerprint density at radius 1 is 1.09 bits per heavy atom. The van der Waals surface area contributed by atoms with E-state index in [1.165, 1.54) is 31.0 Å². The first-order valence-corrected chi connectivity index (χ1v) is 8.78. The molecule has 23 heavy (non-hydrogen) atoms. The zero-order chi connectivity index (χ0) is 15.6. The van der Waals surface area contributed by atoms with Crippen molar-refractivity contribution in [2.24, 2.45) is 4.99 Å². The van der Waals surface area contributed by atoms with Crippen LogP contribution < -0.4 is 9.47 Å². The third-order valence-corrected chi connectivity index (χ3v) is 5.14. The number of fused-ring (bicyclic) bond motifs is 1. The summed E-state index contributed by atoms with van der Waals surface area (Å²) in [5.41, 5.74) is 0.931. The van der Waals surface area contributed by atoms with Gasteiger partial charge < -0.3 is 14.4 Å². The number of aliphatic imine (C=N–C) groups is 1. The Balaban J connectivity index is 1.52. The van der Waals surface area contributed by atoms with Crippen LogP contribution in [0.2, 0.25) is 0 Å². The first-order chi connectivity index (χ1) is 11.3. The molecule has 1 aromatic rings. The van der Waals surface area contributed by atoms with Crippen LogP contribution in [0.3, 0.4) is 0 Å². The van der Waals surface area contributed by atoms with Gasteiger partial charge in [0.05, 0.1) is 4.91 Å². The van der Waals surface area contributed by atoms with Gasteiger partial charge in [0.15, 0.2) is 16.7 Å². The fourth-order valence-corrected chi connectivity index (χ4v) is 3.88. The van der Waals surface area contributed by atoms with E-state index in [-0.39, 0.29) is 5.91 Å². The van der Waals surface area contributed by atoms with Crippen LogP contribution in [-0.2, 0) is 4.79 Å². The molecule has 0 aromatic heterocycles. The van der Waals surface area contributed by atoms with Crippen LogP contribution in [0.15, 0.2) is 28.1 Å². The maximum Gasteiger partial charge on any atom is 0.286 e. The molecule has 3 aliphatic heterocycles. The summed E-state index contributed by atoms with van der Waals surface area (Å²) in [7, 11) is 0. The van der Waals surface area contributed by atoms with E-state index in [0.717, 1.165) is 35.3 Å². The predicted molar refractivity (Wildman–Crippen MR) is 90.9 cm³/mol. The molecule has 0 radical (unpaired) electrons. The minimum Gasteiger partial charge on any atom is -0.486 e. The minimum atomic E-state index is -0.148. The monoisotopic (exact) mass is 330 g/mol. The maximum atomic E-state index is 12.2. The summed E-state index contributed by atoms with van der Waals surface area (Å²) < 4.78 is 11.1. The lowest BCUT2D eigenvalue weighted by Crippen LogP contribution is -2.33. The number of carbonyl (C=O) groups is 1. The molecule has 1 fully saturated rings. The highest BCUT2D eigenvalue weighted by Gasteiger charge is 2.27. The summed E-state index contributed by atoms with van der Waals surface area (Å²) in [5, 5.41) is 0.846. The number of benzene rings is 1. The SMILES string of the molecule is O=C1N=C(N2CCCCC2)SC1=Cc1ccc2c(c1)OCCO2. The molecule has 3 aliphatic rings. The number of rotatable bonds is 1. The van der Waals surface area contributed by atoms with E-state index in [9.17, 15) is 4.79 Å². The van der Waals surface area contributed by atoms with Gasteiger partial charge in [0.25, 0.3) is 5.91 Å². The highest BCUT2D eigenvalue weighted by atomic mass is 32.2. The molecule has 0 N–H and O–H groups in total. The Morgan fingerprint density at radius 2 is 1.87 bits per heavy atom. The van der Waals surface area contributed by atoms with Crippen LogP contribution in [0.5, 0.6) is 11.5 Å². The molecule has 0 atom stereocenters. The lowest BCUT2D eigenvalue weighted by atomic mass is 10.1. The number of ether oxygens (including phenoxy) is 2. The second-order valence-electron chi connectivity index (χ2n) is 5.76. The van der Waals surface area contributed by atoms with Crippen LogP contribution in [-0.4, -0.2) is 42.3 Å². The fourth-order valence-electron chi connectivity index (χ4n) is 2.92. The average Bonchev–Trinajstić information content (AvgIpc) is 2.96. The van der Waals surface area contributed by atoms with Gasteiger partial charge in [-0.3, -0.25) is 4.79 Å². The number of piperidine rings is 1. The van der Waals surface area contributed by atoms with Crippen molar-refractivity contribution < 1.29 is 14.3 Å². The zero-order valence-electron chi connectivity index (χ0n) is 12.8. The van der Waals surface area contributed by atoms with Crippen LogP contribution in [0.25, 0.3) is 6.08 Å². The molecule has 6 heteroatoms. The van der Waals surface area contributed by atoms with Crippen molar-refractivity contribution >= 4 is 28.9 Å². The van der Waals surface area contributed by atoms with E-state index >= 15 is 0 Å². The zero-order valence-corrected chi connectivity index (χ0v) is 13.6. The molecule has 3 heterocycles. The normalized spacial score (nSPS) is 22.4. The number of hydrogen-bond donors (Lipinski definition) is 0. The highest BCUT2D eigenvalue weighted by molar-refractivity contribution is 8.18. The first kappa shape index (κ1) is 14.6. The molecular weight excluding hydrogens is 312 g/mol. The van der Waals surface area contributed by atoms with E-state index in [0.29, 0.717) is 18.1 Å². The van der Waals surface area contributed by atoms with Crippen molar-refractivity contribution in [1.29, 1.82) is 0 Å². The van der Waals surface area contributed by atoms with Gasteiger partial charge in [-0.15, -0.1) is 0 Å². The van der Waals surface area contributed by atoms with Gasteiger partial charge in [-0.1, -0.05) is 6.07 Å². The van der Waals surface area contributed by atoms with Crippen molar-refractivity contribution in [3.05, 3.63) is 28.7 Å². The Hall–Kier alpha value is -1.95. The molecule has 0 bridgehead atoms. The Kier molecular flexibility index (Phi) is 3.99. The lowest BCUT2D eigenvalue weighted by molar-refractivity contribution is -0.113. The highest BCUT2D eigenvalue weighted by Crippen LogP contribution is 2.34. The quantitative estimate of drug-likeness (QED) is 0.741. The van der Waals surface area contributed by atoms with Crippen molar-refractivity contribution in [2.45, 2.75) is 19.3 Å². The van der Waals surface area contributed by atoms with Gasteiger partial charge in [-0.2, -0.15) is 4.99 Å². The molecule has 0 unspecified atom stereocenters. The molecule has 1 amide bonds. The molecule has 5 nitrogen and oxygen atoms in total. The molecule has 1 aromatic carbocycles. The number of hydrogen-bond acceptors (Lipinski definition) is 5. The summed E-state index contributed by atoms with van der Waals surface area (Å²) >= 11 is 1.47. The standard InChI is InChI=1S/C17H18N2O3S/c20-16-15(23-17(18-16)19-6-2-1-3-7-19)11-12-4-5-13-14(10-12)22-9-8-21-13/h4-5,10-11H,1-3,6-9H2. The van der Waals surface area contributed by atoms with Crippen molar-refractivity contribution in [2.75, 3.05) is 26.3 Å². The third kappa shape index (κ3) is 3.08. The topological polar surface area (TPSA) is 51.1 Å². The molecule has 0 spiro atoms. The van der Waals surface area contributed by atoms with Gasteiger partial charge in [0.1, 0.15) is 13.2 Å². The summed E-state index contributed by atoms with van der Waals surface area (Å²) in [6.07, 6.45) is 5.50. The van der Waals surface area contributed by atoms with Gasteiger partial charge in [0, 0.05) is 13.1 Å². The number of amides is 1. The van der Waals surface area contributed by atoms with Crippen molar-refractivity contribution in [1.82, 2.24) is 4.90 Å². The summed E-state index contributed by atoms with van der Waals surface area (Å²) in [6.45, 7) is 3.13. The molecular formula is C17H18N2O3S. The van der Waals surface area contributed by atoms with Crippen molar-refractivity contribution in [3.63, 3.8) is 0 Å². The average molecular weight is 330 g/mol. The molecule has 0 aliphatic carbocycles. The number of carbonyl (C=O) groups excluding carboxylic acids is 1. The van der Waals surface area contributed by atoms with Gasteiger partial charge in [0.2, 0.25) is 0 Å². The second-order valence-corrected chi connectivity index (χ2v) is 6.77. The van der Waals surface area contributed by atoms with Crippen LogP contribution in [0.4, 0.5) is 0 Å². The summed E-state index contributed by atoms with van der Waals surface area (Å²) in [6, 6.07) is 5.73. The van der Waals surface area contributed by atoms with E-state index in [2.05, 4.69) is 9.89 Å². The van der Waals surface area contributed by atoms with Gasteiger partial charge >= 0.3 is 0 Å². The van der Waals surface area contributed by atoms with Crippen LogP contribution in [0.1, 0.15) is 24.8 Å². The van der Waals surface area contributed by atoms with E-state index in [1.54, 1.807) is 0 Å². The Labute approximate surface area is 139 Å². The van der Waals surface area contributed by atoms with Gasteiger partial charge in [-0.25, -0.2) is 0 Å². The van der Waals surface area contributed by atoms with E-state index in [1.807, 2.05) is 24.3 Å². The molecule has 0 saturated carbocycles. The Morgan fingerprint density at radius 3 is 2.70 bits per heavy atom. The Bertz CT molecular complexity index is 693. The summed E-state index contributed by atoms with van der Waals surface area (Å²) in [4.78, 5) is 19.3. The molecule has 120 valence electrons. The lowest BCUT2D eigenvalue weighted by Gasteiger charge is -2.27. The number of amidine groups is 1. The summed E-state index contributed by atoms with van der Waals surface area (Å²) in [5.74, 6) is 1.35. The number of likely N-dealkylation sites (tertiary alicyclic amines) is 1. The maximum absolute atomic E-state index is 12.2. The molecule has 4 rings (SSSR count). The predicted octanol–water partition coefficient (Wildman–Crippen LogP) is 2.91. The first-order valence-electron chi connectivity index (χ1n) is 7.97.